The molecule has 0 bridgehead atoms. The molecule has 8 nitrogen and oxygen atoms in total. The molecule has 0 saturated heterocycles. The first-order chi connectivity index (χ1) is 11.8. The zero-order chi connectivity index (χ0) is 18.4. The van der Waals surface area contributed by atoms with E-state index in [0.29, 0.717) is 5.69 Å². The Kier molecular flexibility index (Phi) is 6.02. The van der Waals surface area contributed by atoms with Gasteiger partial charge < -0.3 is 15.6 Å². The van der Waals surface area contributed by atoms with Crippen molar-refractivity contribution in [3.63, 3.8) is 0 Å². The van der Waals surface area contributed by atoms with Crippen LogP contribution in [0, 0.1) is 10.1 Å². The van der Waals surface area contributed by atoms with Crippen LogP contribution in [0.4, 0.5) is 11.4 Å². The van der Waals surface area contributed by atoms with Crippen molar-refractivity contribution in [3.05, 3.63) is 68.6 Å². The molecule has 0 saturated carbocycles. The molecule has 0 aliphatic rings. The minimum atomic E-state index is -0.511. The second-order valence-corrected chi connectivity index (χ2v) is 5.84. The van der Waals surface area contributed by atoms with Gasteiger partial charge in [0.05, 0.1) is 4.92 Å². The van der Waals surface area contributed by atoms with E-state index in [1.165, 1.54) is 24.3 Å². The maximum atomic E-state index is 12.1. The first-order valence-electron chi connectivity index (χ1n) is 7.84. The molecule has 0 fully saturated rings. The molecule has 1 aromatic heterocycles. The van der Waals surface area contributed by atoms with E-state index in [-0.39, 0.29) is 35.7 Å². The van der Waals surface area contributed by atoms with Crippen LogP contribution in [0.3, 0.4) is 0 Å². The van der Waals surface area contributed by atoms with Gasteiger partial charge in [-0.2, -0.15) is 0 Å². The van der Waals surface area contributed by atoms with Crippen LogP contribution < -0.4 is 16.2 Å². The smallest absolute Gasteiger partial charge is 0.271 e. The molecule has 2 aromatic rings. The third-order valence-corrected chi connectivity index (χ3v) is 3.67. The molecule has 1 aromatic carbocycles. The Morgan fingerprint density at radius 1 is 1.28 bits per heavy atom. The lowest BCUT2D eigenvalue weighted by molar-refractivity contribution is -0.384. The van der Waals surface area contributed by atoms with Crippen molar-refractivity contribution >= 4 is 17.3 Å². The van der Waals surface area contributed by atoms with Gasteiger partial charge in [-0.05, 0) is 31.5 Å². The number of aromatic amines is 1. The Morgan fingerprint density at radius 3 is 2.72 bits per heavy atom. The number of nitrogens with zero attached hydrogens (tertiary/aromatic N) is 1. The zero-order valence-electron chi connectivity index (χ0n) is 14.0. The van der Waals surface area contributed by atoms with Crippen LogP contribution >= 0.6 is 0 Å². The number of carbonyl (C=O) groups excluding carboxylic acids is 1. The van der Waals surface area contributed by atoms with Crippen LogP contribution in [0.15, 0.2) is 47.4 Å². The van der Waals surface area contributed by atoms with Gasteiger partial charge in [-0.15, -0.1) is 0 Å². The second kappa shape index (κ2) is 8.20. The summed E-state index contributed by atoms with van der Waals surface area (Å²) in [5, 5.41) is 16.7. The van der Waals surface area contributed by atoms with Crippen molar-refractivity contribution in [2.24, 2.45) is 0 Å². The summed E-state index contributed by atoms with van der Waals surface area (Å²) < 4.78 is 0. The molecule has 132 valence electrons. The van der Waals surface area contributed by atoms with E-state index in [0.717, 1.165) is 5.56 Å². The van der Waals surface area contributed by atoms with Crippen LogP contribution in [0.1, 0.15) is 31.9 Å². The summed E-state index contributed by atoms with van der Waals surface area (Å²) in [5.74, 6) is -0.251. The number of nitrogens with one attached hydrogen (secondary N) is 3. The second-order valence-electron chi connectivity index (χ2n) is 5.84. The van der Waals surface area contributed by atoms with Crippen LogP contribution in [-0.2, 0) is 4.79 Å². The quantitative estimate of drug-likeness (QED) is 0.526. The molecule has 25 heavy (non-hydrogen) atoms. The van der Waals surface area contributed by atoms with Crippen LogP contribution in [0.25, 0.3) is 0 Å². The molecule has 1 amide bonds. The molecule has 2 unspecified atom stereocenters. The molecule has 2 atom stereocenters. The van der Waals surface area contributed by atoms with Gasteiger partial charge in [0.15, 0.2) is 0 Å². The summed E-state index contributed by atoms with van der Waals surface area (Å²) in [6.45, 7) is 3.76. The van der Waals surface area contributed by atoms with E-state index < -0.39 is 4.92 Å². The van der Waals surface area contributed by atoms with Gasteiger partial charge in [0.2, 0.25) is 11.5 Å². The lowest BCUT2D eigenvalue weighted by Gasteiger charge is -2.20. The fourth-order valence-electron chi connectivity index (χ4n) is 2.50. The third-order valence-electron chi connectivity index (χ3n) is 3.67. The molecule has 0 aliphatic carbocycles. The summed E-state index contributed by atoms with van der Waals surface area (Å²) in [6, 6.07) is 8.86. The number of aromatic nitrogens is 1. The average molecular weight is 344 g/mol. The predicted molar refractivity (Wildman–Crippen MR) is 94.4 cm³/mol. The Balaban J connectivity index is 1.90. The number of H-pyrrole nitrogens is 1. The van der Waals surface area contributed by atoms with Crippen molar-refractivity contribution in [1.29, 1.82) is 0 Å². The highest BCUT2D eigenvalue weighted by molar-refractivity contribution is 5.91. The Hall–Kier alpha value is -3.00. The average Bonchev–Trinajstić information content (AvgIpc) is 2.54. The molecule has 0 radical (unpaired) electrons. The molecule has 1 heterocycles. The number of nitro benzene ring substituents is 1. The highest BCUT2D eigenvalue weighted by atomic mass is 16.6. The molecule has 3 N–H and O–H groups in total. The lowest BCUT2D eigenvalue weighted by atomic mass is 10.1. The lowest BCUT2D eigenvalue weighted by Crippen LogP contribution is -2.33. The number of pyridine rings is 1. The first kappa shape index (κ1) is 18.3. The van der Waals surface area contributed by atoms with Gasteiger partial charge in [-0.1, -0.05) is 6.07 Å². The molecule has 8 heteroatoms. The van der Waals surface area contributed by atoms with E-state index in [4.69, 9.17) is 0 Å². The number of nitro groups is 1. The predicted octanol–water partition coefficient (Wildman–Crippen LogP) is 2.35. The Morgan fingerprint density at radius 2 is 2.04 bits per heavy atom. The molecule has 2 rings (SSSR count). The SMILES string of the molecule is CC(CC(=O)Nc1cccc([N+](=O)[O-])c1)NC(C)c1cc[nH]c(=O)c1. The van der Waals surface area contributed by atoms with Gasteiger partial charge in [-0.3, -0.25) is 19.7 Å². The number of carbonyl (C=O) groups is 1. The van der Waals surface area contributed by atoms with Gasteiger partial charge in [0.1, 0.15) is 0 Å². The summed E-state index contributed by atoms with van der Waals surface area (Å²) in [4.78, 5) is 36.2. The number of amides is 1. The third kappa shape index (κ3) is 5.54. The van der Waals surface area contributed by atoms with Gasteiger partial charge >= 0.3 is 0 Å². The van der Waals surface area contributed by atoms with Gasteiger partial charge in [0, 0.05) is 48.6 Å². The minimum Gasteiger partial charge on any atom is -0.329 e. The van der Waals surface area contributed by atoms with Gasteiger partial charge in [-0.25, -0.2) is 0 Å². The normalized spacial score (nSPS) is 13.0. The van der Waals surface area contributed by atoms with E-state index in [2.05, 4.69) is 15.6 Å². The molecule has 0 aliphatic heterocycles. The minimum absolute atomic E-state index is 0.0769. The fourth-order valence-corrected chi connectivity index (χ4v) is 2.50. The summed E-state index contributed by atoms with van der Waals surface area (Å²) in [6.07, 6.45) is 1.77. The topological polar surface area (TPSA) is 117 Å². The van der Waals surface area contributed by atoms with E-state index >= 15 is 0 Å². The summed E-state index contributed by atoms with van der Waals surface area (Å²) >= 11 is 0. The number of anilines is 1. The van der Waals surface area contributed by atoms with E-state index in [1.807, 2.05) is 13.8 Å². The molecule has 0 spiro atoms. The number of non-ortho nitro benzene ring substituents is 1. The number of benzene rings is 1. The Labute approximate surface area is 144 Å². The zero-order valence-corrected chi connectivity index (χ0v) is 14.0. The van der Waals surface area contributed by atoms with E-state index in [9.17, 15) is 19.7 Å². The maximum Gasteiger partial charge on any atom is 0.271 e. The number of hydrogen-bond acceptors (Lipinski definition) is 5. The van der Waals surface area contributed by atoms with Crippen LogP contribution in [-0.4, -0.2) is 21.9 Å². The standard InChI is InChI=1S/C17H20N4O4/c1-11(19-12(2)13-6-7-18-16(22)9-13)8-17(23)20-14-4-3-5-15(10-14)21(24)25/h3-7,9-12,19H,8H2,1-2H3,(H,18,22)(H,20,23). The Bertz CT molecular complexity index is 818. The van der Waals surface area contributed by atoms with Crippen molar-refractivity contribution in [1.82, 2.24) is 10.3 Å². The van der Waals surface area contributed by atoms with Crippen molar-refractivity contribution in [2.45, 2.75) is 32.4 Å². The summed E-state index contributed by atoms with van der Waals surface area (Å²) in [5.41, 5.74) is 0.956. The number of hydrogen-bond donors (Lipinski definition) is 3. The van der Waals surface area contributed by atoms with Crippen molar-refractivity contribution in [3.8, 4) is 0 Å². The van der Waals surface area contributed by atoms with E-state index in [1.54, 1.807) is 18.3 Å². The van der Waals surface area contributed by atoms with Crippen LogP contribution in [0.5, 0.6) is 0 Å². The first-order valence-corrected chi connectivity index (χ1v) is 7.84. The highest BCUT2D eigenvalue weighted by Crippen LogP contribution is 2.17. The van der Waals surface area contributed by atoms with Crippen LogP contribution in [0.2, 0.25) is 0 Å². The molecular weight excluding hydrogens is 324 g/mol. The van der Waals surface area contributed by atoms with Crippen molar-refractivity contribution < 1.29 is 9.72 Å². The molecular formula is C17H20N4O4. The van der Waals surface area contributed by atoms with Crippen molar-refractivity contribution in [2.75, 3.05) is 5.32 Å². The maximum absolute atomic E-state index is 12.1. The largest absolute Gasteiger partial charge is 0.329 e. The number of rotatable bonds is 7. The monoisotopic (exact) mass is 344 g/mol. The highest BCUT2D eigenvalue weighted by Gasteiger charge is 2.14. The van der Waals surface area contributed by atoms with Gasteiger partial charge in [0.25, 0.3) is 5.69 Å². The fraction of sp³-hybridized carbons (Fsp3) is 0.294. The summed E-state index contributed by atoms with van der Waals surface area (Å²) in [7, 11) is 0.